The molecule has 2 saturated heterocycles. The maximum atomic E-state index is 12.7. The Morgan fingerprint density at radius 3 is 2.71 bits per heavy atom. The van der Waals surface area contributed by atoms with Crippen LogP contribution in [0.5, 0.6) is 0 Å². The SMILES string of the molecule is O=C(c1cnc2ccccn12)N1CCC2(CC1)OCCO2. The molecule has 2 aliphatic heterocycles. The minimum atomic E-state index is -0.448. The van der Waals surface area contributed by atoms with E-state index in [0.29, 0.717) is 32.0 Å². The van der Waals surface area contributed by atoms with Crippen LogP contribution < -0.4 is 0 Å². The van der Waals surface area contributed by atoms with Crippen molar-refractivity contribution in [3.8, 4) is 0 Å². The molecule has 2 fully saturated rings. The van der Waals surface area contributed by atoms with Crippen molar-refractivity contribution in [1.29, 1.82) is 0 Å². The van der Waals surface area contributed by atoms with E-state index in [1.165, 1.54) is 0 Å². The minimum Gasteiger partial charge on any atom is -0.347 e. The summed E-state index contributed by atoms with van der Waals surface area (Å²) in [5, 5.41) is 0. The smallest absolute Gasteiger partial charge is 0.272 e. The van der Waals surface area contributed by atoms with Gasteiger partial charge in [0.05, 0.1) is 19.4 Å². The van der Waals surface area contributed by atoms with Crippen LogP contribution in [0.1, 0.15) is 23.3 Å². The fourth-order valence-electron chi connectivity index (χ4n) is 3.09. The van der Waals surface area contributed by atoms with Crippen molar-refractivity contribution in [2.45, 2.75) is 18.6 Å². The summed E-state index contributed by atoms with van der Waals surface area (Å²) in [7, 11) is 0. The van der Waals surface area contributed by atoms with Gasteiger partial charge < -0.3 is 14.4 Å². The van der Waals surface area contributed by atoms with E-state index in [9.17, 15) is 4.79 Å². The first-order chi connectivity index (χ1) is 10.3. The van der Waals surface area contributed by atoms with Crippen molar-refractivity contribution in [3.63, 3.8) is 0 Å². The van der Waals surface area contributed by atoms with Crippen LogP contribution in [0.2, 0.25) is 0 Å². The number of hydrogen-bond donors (Lipinski definition) is 0. The third-order valence-corrected chi connectivity index (χ3v) is 4.26. The Kier molecular flexibility index (Phi) is 2.94. The molecule has 6 heteroatoms. The highest BCUT2D eigenvalue weighted by Crippen LogP contribution is 2.31. The molecule has 1 spiro atoms. The molecule has 2 aromatic heterocycles. The van der Waals surface area contributed by atoms with Gasteiger partial charge in [0.15, 0.2) is 5.79 Å². The van der Waals surface area contributed by atoms with Crippen molar-refractivity contribution in [3.05, 3.63) is 36.3 Å². The topological polar surface area (TPSA) is 56.1 Å². The van der Waals surface area contributed by atoms with Crippen LogP contribution in [0.15, 0.2) is 30.6 Å². The van der Waals surface area contributed by atoms with E-state index >= 15 is 0 Å². The Balaban J connectivity index is 1.53. The van der Waals surface area contributed by atoms with Gasteiger partial charge in [-0.2, -0.15) is 0 Å². The zero-order chi connectivity index (χ0) is 14.3. The predicted octanol–water partition coefficient (Wildman–Crippen LogP) is 1.31. The van der Waals surface area contributed by atoms with Crippen LogP contribution >= 0.6 is 0 Å². The lowest BCUT2D eigenvalue weighted by molar-refractivity contribution is -0.181. The summed E-state index contributed by atoms with van der Waals surface area (Å²) in [5.41, 5.74) is 1.39. The molecule has 21 heavy (non-hydrogen) atoms. The maximum absolute atomic E-state index is 12.7. The van der Waals surface area contributed by atoms with Gasteiger partial charge in [-0.25, -0.2) is 4.98 Å². The number of nitrogens with zero attached hydrogens (tertiary/aromatic N) is 3. The molecular weight excluding hydrogens is 270 g/mol. The second-order valence-electron chi connectivity index (χ2n) is 5.47. The summed E-state index contributed by atoms with van der Waals surface area (Å²) in [5.74, 6) is -0.433. The third kappa shape index (κ3) is 2.11. The van der Waals surface area contributed by atoms with Crippen molar-refractivity contribution in [2.75, 3.05) is 26.3 Å². The Bertz CT molecular complexity index is 666. The molecule has 110 valence electrons. The van der Waals surface area contributed by atoms with Crippen molar-refractivity contribution < 1.29 is 14.3 Å². The predicted molar refractivity (Wildman–Crippen MR) is 75.0 cm³/mol. The molecule has 0 unspecified atom stereocenters. The van der Waals surface area contributed by atoms with Crippen molar-refractivity contribution >= 4 is 11.6 Å². The van der Waals surface area contributed by atoms with Crippen LogP contribution in [-0.4, -0.2) is 52.3 Å². The van der Waals surface area contributed by atoms with Gasteiger partial charge in [-0.3, -0.25) is 9.20 Å². The van der Waals surface area contributed by atoms with E-state index in [1.807, 2.05) is 33.7 Å². The highest BCUT2D eigenvalue weighted by atomic mass is 16.7. The second-order valence-corrected chi connectivity index (χ2v) is 5.47. The van der Waals surface area contributed by atoms with E-state index in [2.05, 4.69) is 4.98 Å². The number of aromatic nitrogens is 2. The summed E-state index contributed by atoms with van der Waals surface area (Å²) in [6, 6.07) is 5.70. The Morgan fingerprint density at radius 1 is 1.19 bits per heavy atom. The summed E-state index contributed by atoms with van der Waals surface area (Å²) < 4.78 is 13.2. The molecule has 0 aliphatic carbocycles. The number of piperidine rings is 1. The van der Waals surface area contributed by atoms with Gasteiger partial charge in [0.1, 0.15) is 11.3 Å². The van der Waals surface area contributed by atoms with E-state index in [0.717, 1.165) is 18.5 Å². The highest BCUT2D eigenvalue weighted by molar-refractivity contribution is 5.93. The van der Waals surface area contributed by atoms with E-state index in [4.69, 9.17) is 9.47 Å². The molecule has 0 N–H and O–H groups in total. The third-order valence-electron chi connectivity index (χ3n) is 4.26. The zero-order valence-electron chi connectivity index (χ0n) is 11.7. The number of rotatable bonds is 1. The van der Waals surface area contributed by atoms with Gasteiger partial charge in [0.25, 0.3) is 5.91 Å². The quantitative estimate of drug-likeness (QED) is 0.793. The molecule has 2 aliphatic rings. The minimum absolute atomic E-state index is 0.0153. The summed E-state index contributed by atoms with van der Waals surface area (Å²) in [4.78, 5) is 18.8. The first kappa shape index (κ1) is 12.8. The normalized spacial score (nSPS) is 21.2. The number of ether oxygens (including phenoxy) is 2. The monoisotopic (exact) mass is 287 g/mol. The number of fused-ring (bicyclic) bond motifs is 1. The van der Waals surface area contributed by atoms with Gasteiger partial charge in [-0.1, -0.05) is 6.07 Å². The largest absolute Gasteiger partial charge is 0.347 e. The molecule has 6 nitrogen and oxygen atoms in total. The Hall–Kier alpha value is -1.92. The summed E-state index contributed by atoms with van der Waals surface area (Å²) in [6.07, 6.45) is 4.97. The van der Waals surface area contributed by atoms with Gasteiger partial charge in [0.2, 0.25) is 0 Å². The molecule has 0 bridgehead atoms. The summed E-state index contributed by atoms with van der Waals surface area (Å²) >= 11 is 0. The van der Waals surface area contributed by atoms with Crippen LogP contribution in [0.4, 0.5) is 0 Å². The molecule has 0 saturated carbocycles. The number of likely N-dealkylation sites (tertiary alicyclic amines) is 1. The first-order valence-electron chi connectivity index (χ1n) is 7.27. The standard InChI is InChI=1S/C15H17N3O3/c19-14(12-11-16-13-3-1-2-6-18(12)13)17-7-4-15(5-8-17)20-9-10-21-15/h1-3,6,11H,4-5,7-10H2. The van der Waals surface area contributed by atoms with Crippen LogP contribution in [0.25, 0.3) is 5.65 Å². The van der Waals surface area contributed by atoms with Gasteiger partial charge in [0, 0.05) is 32.1 Å². The molecule has 0 atom stereocenters. The lowest BCUT2D eigenvalue weighted by Gasteiger charge is -2.37. The van der Waals surface area contributed by atoms with E-state index in [-0.39, 0.29) is 5.91 Å². The van der Waals surface area contributed by atoms with Crippen molar-refractivity contribution in [2.24, 2.45) is 0 Å². The molecule has 1 amide bonds. The first-order valence-corrected chi connectivity index (χ1v) is 7.27. The fraction of sp³-hybridized carbons (Fsp3) is 0.467. The Labute approximate surface area is 122 Å². The molecule has 0 aromatic carbocycles. The number of amides is 1. The molecule has 4 rings (SSSR count). The maximum Gasteiger partial charge on any atom is 0.272 e. The lowest BCUT2D eigenvalue weighted by Crippen LogP contribution is -2.47. The van der Waals surface area contributed by atoms with Crippen LogP contribution in [0.3, 0.4) is 0 Å². The number of carbonyl (C=O) groups excluding carboxylic acids is 1. The number of hydrogen-bond acceptors (Lipinski definition) is 4. The van der Waals surface area contributed by atoms with E-state index < -0.39 is 5.79 Å². The number of imidazole rings is 1. The Morgan fingerprint density at radius 2 is 1.95 bits per heavy atom. The number of pyridine rings is 1. The van der Waals surface area contributed by atoms with Gasteiger partial charge >= 0.3 is 0 Å². The highest BCUT2D eigenvalue weighted by Gasteiger charge is 2.41. The lowest BCUT2D eigenvalue weighted by atomic mass is 10.0. The zero-order valence-corrected chi connectivity index (χ0v) is 11.7. The van der Waals surface area contributed by atoms with Crippen LogP contribution in [0, 0.1) is 0 Å². The average Bonchev–Trinajstić information content (AvgIpc) is 3.15. The summed E-state index contributed by atoms with van der Waals surface area (Å²) in [6.45, 7) is 2.61. The molecular formula is C15H17N3O3. The average molecular weight is 287 g/mol. The molecule has 2 aromatic rings. The molecule has 0 radical (unpaired) electrons. The van der Waals surface area contributed by atoms with Crippen molar-refractivity contribution in [1.82, 2.24) is 14.3 Å². The van der Waals surface area contributed by atoms with Crippen LogP contribution in [-0.2, 0) is 9.47 Å². The van der Waals surface area contributed by atoms with Gasteiger partial charge in [-0.15, -0.1) is 0 Å². The van der Waals surface area contributed by atoms with E-state index in [1.54, 1.807) is 6.20 Å². The second kappa shape index (κ2) is 4.82. The number of carbonyl (C=O) groups is 1. The fourth-order valence-corrected chi connectivity index (χ4v) is 3.09. The van der Waals surface area contributed by atoms with Gasteiger partial charge in [-0.05, 0) is 12.1 Å². The molecule has 4 heterocycles.